The number of carbonyl (C=O) groups excluding carboxylic acids is 1. The highest BCUT2D eigenvalue weighted by atomic mass is 32.2. The Kier molecular flexibility index (Phi) is 6.52. The molecule has 1 amide bonds. The van der Waals surface area contributed by atoms with E-state index in [2.05, 4.69) is 9.71 Å². The van der Waals surface area contributed by atoms with Gasteiger partial charge in [0.25, 0.3) is 0 Å². The van der Waals surface area contributed by atoms with E-state index in [1.165, 1.54) is 47.6 Å². The molecule has 1 aromatic heterocycles. The smallest absolute Gasteiger partial charge is 0.245 e. The molecule has 0 bridgehead atoms. The zero-order valence-electron chi connectivity index (χ0n) is 18.2. The zero-order chi connectivity index (χ0) is 24.5. The molecule has 1 aliphatic rings. The third-order valence-electron chi connectivity index (χ3n) is 5.52. The second-order valence-electron chi connectivity index (χ2n) is 7.93. The molecular formula is C23H22FN3O5S2. The summed E-state index contributed by atoms with van der Waals surface area (Å²) in [5.74, 6) is -1.29. The number of amides is 1. The highest BCUT2D eigenvalue weighted by molar-refractivity contribution is 7.91. The van der Waals surface area contributed by atoms with Gasteiger partial charge in [0.2, 0.25) is 15.9 Å². The summed E-state index contributed by atoms with van der Waals surface area (Å²) in [5, 5.41) is 0. The number of pyridine rings is 1. The Hall–Kier alpha value is -3.15. The van der Waals surface area contributed by atoms with Crippen molar-refractivity contribution in [3.05, 3.63) is 72.8 Å². The van der Waals surface area contributed by atoms with Gasteiger partial charge < -0.3 is 4.90 Å². The Labute approximate surface area is 197 Å². The van der Waals surface area contributed by atoms with Crippen LogP contribution in [0.15, 0.2) is 76.8 Å². The molecule has 0 saturated carbocycles. The molecule has 0 aliphatic carbocycles. The average Bonchev–Trinajstić information content (AvgIpc) is 2.81. The van der Waals surface area contributed by atoms with E-state index < -0.39 is 37.6 Å². The predicted octanol–water partition coefficient (Wildman–Crippen LogP) is 2.77. The van der Waals surface area contributed by atoms with Crippen LogP contribution in [0, 0.1) is 5.82 Å². The van der Waals surface area contributed by atoms with Crippen molar-refractivity contribution in [2.45, 2.75) is 28.7 Å². The minimum Gasteiger partial charge on any atom is -0.308 e. The Balaban J connectivity index is 1.61. The number of anilines is 1. The lowest BCUT2D eigenvalue weighted by molar-refractivity contribution is -0.121. The van der Waals surface area contributed by atoms with E-state index in [0.29, 0.717) is 17.5 Å². The SMILES string of the molecule is CS(=O)(=O)c1ccccc1-c1ccc(N2CCCC(NS(=O)(=O)c3cccnc3)C2=O)c(F)c1. The van der Waals surface area contributed by atoms with Gasteiger partial charge in [0.1, 0.15) is 16.8 Å². The summed E-state index contributed by atoms with van der Waals surface area (Å²) in [6, 6.07) is 12.2. The van der Waals surface area contributed by atoms with Crippen molar-refractivity contribution >= 4 is 31.5 Å². The molecule has 178 valence electrons. The highest BCUT2D eigenvalue weighted by Crippen LogP contribution is 2.32. The summed E-state index contributed by atoms with van der Waals surface area (Å²) >= 11 is 0. The summed E-state index contributed by atoms with van der Waals surface area (Å²) in [7, 11) is -7.52. The molecule has 11 heteroatoms. The number of sulfone groups is 1. The van der Waals surface area contributed by atoms with Crippen molar-refractivity contribution in [1.82, 2.24) is 9.71 Å². The lowest BCUT2D eigenvalue weighted by Gasteiger charge is -2.32. The summed E-state index contributed by atoms with van der Waals surface area (Å²) in [5.41, 5.74) is 0.693. The summed E-state index contributed by atoms with van der Waals surface area (Å²) in [6.07, 6.45) is 4.43. The van der Waals surface area contributed by atoms with Gasteiger partial charge >= 0.3 is 0 Å². The van der Waals surface area contributed by atoms with E-state index >= 15 is 4.39 Å². The van der Waals surface area contributed by atoms with Crippen LogP contribution < -0.4 is 9.62 Å². The fourth-order valence-electron chi connectivity index (χ4n) is 3.91. The third-order valence-corrected chi connectivity index (χ3v) is 8.13. The quantitative estimate of drug-likeness (QED) is 0.553. The lowest BCUT2D eigenvalue weighted by Crippen LogP contribution is -2.52. The molecule has 1 N–H and O–H groups in total. The van der Waals surface area contributed by atoms with Crippen LogP contribution in [0.1, 0.15) is 12.8 Å². The lowest BCUT2D eigenvalue weighted by atomic mass is 10.0. The molecule has 2 heterocycles. The summed E-state index contributed by atoms with van der Waals surface area (Å²) in [4.78, 5) is 18.1. The Morgan fingerprint density at radius 1 is 1.06 bits per heavy atom. The molecular weight excluding hydrogens is 481 g/mol. The predicted molar refractivity (Wildman–Crippen MR) is 125 cm³/mol. The number of carbonyl (C=O) groups is 1. The number of nitrogens with zero attached hydrogens (tertiary/aromatic N) is 2. The van der Waals surface area contributed by atoms with Gasteiger partial charge in [-0.3, -0.25) is 9.78 Å². The molecule has 1 unspecified atom stereocenters. The fourth-order valence-corrected chi connectivity index (χ4v) is 6.00. The van der Waals surface area contributed by atoms with E-state index in [1.807, 2.05) is 0 Å². The van der Waals surface area contributed by atoms with Crippen molar-refractivity contribution in [1.29, 1.82) is 0 Å². The minimum atomic E-state index is -3.98. The molecule has 4 rings (SSSR count). The van der Waals surface area contributed by atoms with E-state index in [1.54, 1.807) is 24.3 Å². The number of hydrogen-bond donors (Lipinski definition) is 1. The average molecular weight is 504 g/mol. The monoisotopic (exact) mass is 503 g/mol. The van der Waals surface area contributed by atoms with Crippen molar-refractivity contribution < 1.29 is 26.0 Å². The fraction of sp³-hybridized carbons (Fsp3) is 0.217. The molecule has 0 radical (unpaired) electrons. The van der Waals surface area contributed by atoms with Gasteiger partial charge in [-0.15, -0.1) is 0 Å². The van der Waals surface area contributed by atoms with Gasteiger partial charge in [-0.05, 0) is 48.7 Å². The maximum absolute atomic E-state index is 15.2. The molecule has 34 heavy (non-hydrogen) atoms. The third kappa shape index (κ3) is 4.86. The van der Waals surface area contributed by atoms with Gasteiger partial charge in [0, 0.05) is 30.8 Å². The molecule has 8 nitrogen and oxygen atoms in total. The largest absolute Gasteiger partial charge is 0.308 e. The van der Waals surface area contributed by atoms with Crippen LogP contribution in [-0.4, -0.2) is 46.6 Å². The summed E-state index contributed by atoms with van der Waals surface area (Å²) < 4.78 is 67.0. The minimum absolute atomic E-state index is 0.00383. The number of hydrogen-bond acceptors (Lipinski definition) is 6. The van der Waals surface area contributed by atoms with Gasteiger partial charge in [0.05, 0.1) is 10.6 Å². The number of piperidine rings is 1. The van der Waals surface area contributed by atoms with E-state index in [0.717, 1.165) is 6.26 Å². The van der Waals surface area contributed by atoms with Crippen molar-refractivity contribution in [3.8, 4) is 11.1 Å². The molecule has 3 aromatic rings. The van der Waals surface area contributed by atoms with Crippen molar-refractivity contribution in [2.24, 2.45) is 0 Å². The first-order valence-electron chi connectivity index (χ1n) is 10.4. The van der Waals surface area contributed by atoms with Crippen LogP contribution in [-0.2, 0) is 24.7 Å². The van der Waals surface area contributed by atoms with Crippen LogP contribution in [0.4, 0.5) is 10.1 Å². The van der Waals surface area contributed by atoms with Gasteiger partial charge in [-0.25, -0.2) is 21.2 Å². The first-order valence-corrected chi connectivity index (χ1v) is 13.8. The van der Waals surface area contributed by atoms with Crippen molar-refractivity contribution in [2.75, 3.05) is 17.7 Å². The molecule has 1 aliphatic heterocycles. The van der Waals surface area contributed by atoms with Crippen LogP contribution in [0.3, 0.4) is 0 Å². The number of halogens is 1. The maximum Gasteiger partial charge on any atom is 0.245 e. The molecule has 1 atom stereocenters. The molecule has 1 fully saturated rings. The maximum atomic E-state index is 15.2. The molecule has 1 saturated heterocycles. The summed E-state index contributed by atoms with van der Waals surface area (Å²) in [6.45, 7) is 0.222. The highest BCUT2D eigenvalue weighted by Gasteiger charge is 2.34. The van der Waals surface area contributed by atoms with Crippen LogP contribution in [0.2, 0.25) is 0 Å². The number of benzene rings is 2. The number of rotatable bonds is 6. The second-order valence-corrected chi connectivity index (χ2v) is 11.6. The Morgan fingerprint density at radius 3 is 2.50 bits per heavy atom. The van der Waals surface area contributed by atoms with E-state index in [-0.39, 0.29) is 28.4 Å². The normalized spacial score (nSPS) is 17.1. The Morgan fingerprint density at radius 2 is 1.82 bits per heavy atom. The van der Waals surface area contributed by atoms with Gasteiger partial charge in [-0.1, -0.05) is 24.3 Å². The van der Waals surface area contributed by atoms with Gasteiger partial charge in [-0.2, -0.15) is 4.72 Å². The zero-order valence-corrected chi connectivity index (χ0v) is 19.8. The number of sulfonamides is 1. The standard InChI is InChI=1S/C23H22FN3O5S2/c1-33(29,30)22-9-3-2-7-18(22)16-10-11-21(19(24)14-16)27-13-5-8-20(23(27)28)26-34(31,32)17-6-4-12-25-15-17/h2-4,6-7,9-12,14-15,20,26H,5,8,13H2,1H3. The van der Waals surface area contributed by atoms with E-state index in [9.17, 15) is 21.6 Å². The number of nitrogens with one attached hydrogen (secondary N) is 1. The molecule has 0 spiro atoms. The Bertz CT molecular complexity index is 1440. The number of aromatic nitrogens is 1. The topological polar surface area (TPSA) is 114 Å². The first-order chi connectivity index (χ1) is 16.1. The molecule has 2 aromatic carbocycles. The van der Waals surface area contributed by atoms with Gasteiger partial charge in [0.15, 0.2) is 9.84 Å². The van der Waals surface area contributed by atoms with Crippen LogP contribution in [0.25, 0.3) is 11.1 Å². The van der Waals surface area contributed by atoms with Crippen LogP contribution >= 0.6 is 0 Å². The van der Waals surface area contributed by atoms with E-state index in [4.69, 9.17) is 0 Å². The second kappa shape index (κ2) is 9.24. The van der Waals surface area contributed by atoms with Crippen molar-refractivity contribution in [3.63, 3.8) is 0 Å². The first kappa shape index (κ1) is 24.0. The van der Waals surface area contributed by atoms with Crippen LogP contribution in [0.5, 0.6) is 0 Å².